The Labute approximate surface area is 218 Å². The number of nitrogens with one attached hydrogen (secondary N) is 1. The maximum Gasteiger partial charge on any atom is 0.321 e. The van der Waals surface area contributed by atoms with Crippen molar-refractivity contribution in [1.82, 2.24) is 25.3 Å². The summed E-state index contributed by atoms with van der Waals surface area (Å²) in [4.78, 5) is 43.3. The van der Waals surface area contributed by atoms with Gasteiger partial charge >= 0.3 is 6.01 Å². The zero-order valence-corrected chi connectivity index (χ0v) is 21.4. The van der Waals surface area contributed by atoms with Gasteiger partial charge in [-0.05, 0) is 45.7 Å². The van der Waals surface area contributed by atoms with Gasteiger partial charge in [-0.3, -0.25) is 9.59 Å². The van der Waals surface area contributed by atoms with Gasteiger partial charge in [-0.15, -0.1) is 0 Å². The Kier molecular flexibility index (Phi) is 7.37. The molecule has 2 amide bonds. The molecule has 206 valence electrons. The number of aromatic nitrogens is 4. The van der Waals surface area contributed by atoms with E-state index in [2.05, 4.69) is 25.3 Å². The van der Waals surface area contributed by atoms with E-state index in [1.54, 1.807) is 32.9 Å². The van der Waals surface area contributed by atoms with E-state index in [0.29, 0.717) is 31.6 Å². The number of halogens is 2. The summed E-state index contributed by atoms with van der Waals surface area (Å²) in [5, 5.41) is 12.8. The highest BCUT2D eigenvalue weighted by Crippen LogP contribution is 2.48. The van der Waals surface area contributed by atoms with Crippen LogP contribution in [0, 0.1) is 5.92 Å². The molecule has 3 heterocycles. The predicted molar refractivity (Wildman–Crippen MR) is 133 cm³/mol. The van der Waals surface area contributed by atoms with Crippen LogP contribution in [0.1, 0.15) is 72.8 Å². The lowest BCUT2D eigenvalue weighted by molar-refractivity contribution is 0.0405. The van der Waals surface area contributed by atoms with Gasteiger partial charge in [0.15, 0.2) is 5.69 Å². The van der Waals surface area contributed by atoms with Crippen LogP contribution in [0.2, 0.25) is 0 Å². The third-order valence-electron chi connectivity index (χ3n) is 6.96. The molecular weight excluding hydrogens is 502 g/mol. The molecule has 6 N–H and O–H groups in total. The molecule has 1 unspecified atom stereocenters. The van der Waals surface area contributed by atoms with Crippen LogP contribution in [-0.2, 0) is 0 Å². The minimum atomic E-state index is -2.77. The maximum atomic E-state index is 13.3. The van der Waals surface area contributed by atoms with Crippen molar-refractivity contribution in [3.05, 3.63) is 29.3 Å². The first-order valence-corrected chi connectivity index (χ1v) is 12.4. The zero-order valence-electron chi connectivity index (χ0n) is 21.4. The first-order valence-electron chi connectivity index (χ1n) is 12.4. The topological polar surface area (TPSA) is 182 Å². The second kappa shape index (κ2) is 10.2. The van der Waals surface area contributed by atoms with E-state index in [9.17, 15) is 23.5 Å². The van der Waals surface area contributed by atoms with Gasteiger partial charge < -0.3 is 31.5 Å². The Morgan fingerprint density at radius 3 is 2.47 bits per heavy atom. The third kappa shape index (κ3) is 6.23. The Bertz CT molecular complexity index is 1210. The summed E-state index contributed by atoms with van der Waals surface area (Å²) in [6.07, 6.45) is 0.983. The second-order valence-electron chi connectivity index (χ2n) is 10.4. The summed E-state index contributed by atoms with van der Waals surface area (Å²) in [5.41, 5.74) is 10.9. The van der Waals surface area contributed by atoms with Crippen LogP contribution < -0.4 is 26.4 Å². The highest BCUT2D eigenvalue weighted by atomic mass is 19.3. The number of amides is 2. The number of anilines is 2. The van der Waals surface area contributed by atoms with Crippen LogP contribution in [0.25, 0.3) is 0 Å². The lowest BCUT2D eigenvalue weighted by atomic mass is 9.93. The van der Waals surface area contributed by atoms with Crippen molar-refractivity contribution in [3.63, 3.8) is 0 Å². The summed E-state index contributed by atoms with van der Waals surface area (Å²) in [5.74, 6) is -5.13. The van der Waals surface area contributed by atoms with Gasteiger partial charge in [-0.1, -0.05) is 0 Å². The monoisotopic (exact) mass is 534 g/mol. The molecular formula is C24H32F2N8O4. The molecule has 1 aliphatic heterocycles. The van der Waals surface area contributed by atoms with E-state index < -0.39 is 35.3 Å². The molecule has 1 aliphatic carbocycles. The lowest BCUT2D eigenvalue weighted by Gasteiger charge is -2.32. The largest absolute Gasteiger partial charge is 0.463 e. The van der Waals surface area contributed by atoms with Crippen molar-refractivity contribution >= 4 is 23.5 Å². The highest BCUT2D eigenvalue weighted by Gasteiger charge is 2.57. The minimum absolute atomic E-state index is 0.0232. The van der Waals surface area contributed by atoms with Gasteiger partial charge in [-0.25, -0.2) is 13.8 Å². The van der Waals surface area contributed by atoms with E-state index in [1.807, 2.05) is 4.90 Å². The van der Waals surface area contributed by atoms with Gasteiger partial charge in [0.05, 0.1) is 23.2 Å². The number of ether oxygens (including phenoxy) is 1. The molecule has 0 radical (unpaired) electrons. The molecule has 2 aliphatic rings. The van der Waals surface area contributed by atoms with Crippen molar-refractivity contribution < 1.29 is 28.2 Å². The van der Waals surface area contributed by atoms with E-state index in [-0.39, 0.29) is 48.1 Å². The standard InChI is InChI=1S/C24H32F2N8O4/c1-12(23(2,3)37)29-20(36)19-31-21(33-22(32-19)38-11-14-10-24(14,25)26)34-8-6-13(7-9-34)16-5-4-15(27)17(30-16)18(28)35/h4-5,12-14,37H,6-11,27H2,1-3H3,(H2,28,35)(H,29,36)/t12-,14?/m1/s1. The molecule has 14 heteroatoms. The summed E-state index contributed by atoms with van der Waals surface area (Å²) in [6, 6.07) is 2.51. The molecule has 2 fully saturated rings. The van der Waals surface area contributed by atoms with E-state index in [4.69, 9.17) is 16.2 Å². The van der Waals surface area contributed by atoms with Crippen molar-refractivity contribution in [2.45, 2.75) is 63.5 Å². The molecule has 38 heavy (non-hydrogen) atoms. The van der Waals surface area contributed by atoms with Gasteiger partial charge in [-0.2, -0.15) is 15.0 Å². The van der Waals surface area contributed by atoms with Crippen LogP contribution in [0.5, 0.6) is 6.01 Å². The number of rotatable bonds is 9. The number of aliphatic hydroxyl groups is 1. The number of piperidine rings is 1. The molecule has 4 rings (SSSR count). The average Bonchev–Trinajstić information content (AvgIpc) is 3.48. The molecule has 2 aromatic heterocycles. The normalized spacial score (nSPS) is 20.1. The Hall–Kier alpha value is -3.68. The lowest BCUT2D eigenvalue weighted by Crippen LogP contribution is -2.47. The molecule has 12 nitrogen and oxygen atoms in total. The van der Waals surface area contributed by atoms with Crippen LogP contribution in [0.4, 0.5) is 20.4 Å². The van der Waals surface area contributed by atoms with Crippen molar-refractivity contribution in [2.24, 2.45) is 11.7 Å². The molecule has 0 bridgehead atoms. The number of hydrogen-bond donors (Lipinski definition) is 4. The fourth-order valence-corrected chi connectivity index (χ4v) is 4.00. The van der Waals surface area contributed by atoms with Crippen LogP contribution in [0.3, 0.4) is 0 Å². The Balaban J connectivity index is 1.51. The number of primary amides is 1. The number of carbonyl (C=O) groups is 2. The molecule has 1 saturated carbocycles. The molecule has 2 atom stereocenters. The Morgan fingerprint density at radius 2 is 1.89 bits per heavy atom. The average molecular weight is 535 g/mol. The summed E-state index contributed by atoms with van der Waals surface area (Å²) < 4.78 is 32.1. The van der Waals surface area contributed by atoms with Crippen molar-refractivity contribution in [2.75, 3.05) is 30.3 Å². The predicted octanol–water partition coefficient (Wildman–Crippen LogP) is 1.25. The zero-order chi connectivity index (χ0) is 27.8. The van der Waals surface area contributed by atoms with Crippen LogP contribution in [0.15, 0.2) is 12.1 Å². The van der Waals surface area contributed by atoms with E-state index in [1.165, 1.54) is 0 Å². The maximum absolute atomic E-state index is 13.3. The second-order valence-corrected chi connectivity index (χ2v) is 10.4. The fourth-order valence-electron chi connectivity index (χ4n) is 4.00. The SMILES string of the molecule is C[C@@H](NC(=O)c1nc(OCC2CC2(F)F)nc(N2CCC(c3ccc(N)c(C(N)=O)n3)CC2)n1)C(C)(C)O. The smallest absolute Gasteiger partial charge is 0.321 e. The van der Waals surface area contributed by atoms with Crippen LogP contribution in [-0.4, -0.2) is 74.1 Å². The fraction of sp³-hybridized carbons (Fsp3) is 0.583. The van der Waals surface area contributed by atoms with Gasteiger partial charge in [0, 0.05) is 31.1 Å². The summed E-state index contributed by atoms with van der Waals surface area (Å²) >= 11 is 0. The Morgan fingerprint density at radius 1 is 1.24 bits per heavy atom. The summed E-state index contributed by atoms with van der Waals surface area (Å²) in [6.45, 7) is 5.40. The number of hydrogen-bond acceptors (Lipinski definition) is 10. The molecule has 0 aromatic carbocycles. The van der Waals surface area contributed by atoms with Crippen LogP contribution >= 0.6 is 0 Å². The number of nitrogens with two attached hydrogens (primary N) is 2. The van der Waals surface area contributed by atoms with Gasteiger partial charge in [0.25, 0.3) is 17.7 Å². The number of alkyl halides is 2. The number of carbonyl (C=O) groups excluding carboxylic acids is 2. The van der Waals surface area contributed by atoms with E-state index in [0.717, 1.165) is 0 Å². The number of nitrogens with zero attached hydrogens (tertiary/aromatic N) is 5. The number of pyridine rings is 1. The first kappa shape index (κ1) is 27.4. The van der Waals surface area contributed by atoms with E-state index >= 15 is 0 Å². The first-order chi connectivity index (χ1) is 17.7. The highest BCUT2D eigenvalue weighted by molar-refractivity contribution is 5.95. The molecule has 0 spiro atoms. The third-order valence-corrected chi connectivity index (χ3v) is 6.96. The van der Waals surface area contributed by atoms with Gasteiger partial charge in [0.1, 0.15) is 6.61 Å². The van der Waals surface area contributed by atoms with Gasteiger partial charge in [0.2, 0.25) is 11.8 Å². The molecule has 2 aromatic rings. The summed E-state index contributed by atoms with van der Waals surface area (Å²) in [7, 11) is 0. The quantitative estimate of drug-likeness (QED) is 0.365. The van der Waals surface area contributed by atoms with Crippen molar-refractivity contribution in [1.29, 1.82) is 0 Å². The minimum Gasteiger partial charge on any atom is -0.463 e. The molecule has 1 saturated heterocycles. The number of nitrogen functional groups attached to an aromatic ring is 1. The van der Waals surface area contributed by atoms with Crippen molar-refractivity contribution in [3.8, 4) is 6.01 Å².